The maximum atomic E-state index is 12.4. The minimum atomic E-state index is -0.279. The van der Waals surface area contributed by atoms with Gasteiger partial charge in [0.05, 0.1) is 11.7 Å². The molecule has 5 heteroatoms. The number of hydrogen-bond donors (Lipinski definition) is 2. The summed E-state index contributed by atoms with van der Waals surface area (Å²) in [6.45, 7) is 1.28. The molecule has 2 fully saturated rings. The van der Waals surface area contributed by atoms with E-state index in [9.17, 15) is 15.0 Å². The van der Waals surface area contributed by atoms with Crippen LogP contribution in [0.1, 0.15) is 23.2 Å². The highest BCUT2D eigenvalue weighted by atomic mass is 79.9. The van der Waals surface area contributed by atoms with Gasteiger partial charge in [0, 0.05) is 23.5 Å². The molecular weight excluding hydrogens is 310 g/mol. The van der Waals surface area contributed by atoms with E-state index >= 15 is 0 Å². The van der Waals surface area contributed by atoms with Crippen molar-refractivity contribution in [3.8, 4) is 5.75 Å². The SMILES string of the molecule is O=C(c1cc(Br)ccc1O)N1CC2CCC(O)C2C1. The van der Waals surface area contributed by atoms with Crippen LogP contribution in [-0.2, 0) is 0 Å². The van der Waals surface area contributed by atoms with Gasteiger partial charge in [-0.15, -0.1) is 0 Å². The number of likely N-dealkylation sites (tertiary alicyclic amines) is 1. The lowest BCUT2D eigenvalue weighted by atomic mass is 10.00. The molecule has 1 saturated heterocycles. The molecule has 102 valence electrons. The summed E-state index contributed by atoms with van der Waals surface area (Å²) >= 11 is 3.31. The van der Waals surface area contributed by atoms with Crippen LogP contribution in [0, 0.1) is 11.8 Å². The maximum absolute atomic E-state index is 12.4. The number of fused-ring (bicyclic) bond motifs is 1. The highest BCUT2D eigenvalue weighted by molar-refractivity contribution is 9.10. The number of carbonyl (C=O) groups excluding carboxylic acids is 1. The second kappa shape index (κ2) is 4.80. The molecular formula is C14H16BrNO3. The van der Waals surface area contributed by atoms with Gasteiger partial charge in [-0.25, -0.2) is 0 Å². The van der Waals surface area contributed by atoms with Crippen LogP contribution in [0.5, 0.6) is 5.75 Å². The highest BCUT2D eigenvalue weighted by Crippen LogP contribution is 2.39. The number of nitrogens with zero attached hydrogens (tertiary/aromatic N) is 1. The van der Waals surface area contributed by atoms with E-state index in [0.717, 1.165) is 17.3 Å². The standard InChI is InChI=1S/C14H16BrNO3/c15-9-2-4-12(17)10(5-9)14(19)16-6-8-1-3-13(18)11(8)7-16/h2,4-5,8,11,13,17-18H,1,3,6-7H2. The maximum Gasteiger partial charge on any atom is 0.257 e. The zero-order valence-electron chi connectivity index (χ0n) is 10.4. The number of aliphatic hydroxyl groups is 1. The third-order valence-electron chi connectivity index (χ3n) is 4.30. The quantitative estimate of drug-likeness (QED) is 0.830. The Balaban J connectivity index is 1.80. The first-order chi connectivity index (χ1) is 9.06. The molecule has 2 N–H and O–H groups in total. The molecule has 0 aromatic heterocycles. The van der Waals surface area contributed by atoms with Crippen molar-refractivity contribution in [1.29, 1.82) is 0 Å². The fourth-order valence-electron chi connectivity index (χ4n) is 3.25. The van der Waals surface area contributed by atoms with E-state index in [2.05, 4.69) is 15.9 Å². The van der Waals surface area contributed by atoms with Crippen LogP contribution in [0.15, 0.2) is 22.7 Å². The monoisotopic (exact) mass is 325 g/mol. The summed E-state index contributed by atoms with van der Waals surface area (Å²) in [5.74, 6) is 0.470. The number of aliphatic hydroxyl groups excluding tert-OH is 1. The van der Waals surface area contributed by atoms with Gasteiger partial charge in [0.2, 0.25) is 0 Å². The van der Waals surface area contributed by atoms with Gasteiger partial charge in [0.1, 0.15) is 5.75 Å². The lowest BCUT2D eigenvalue weighted by Crippen LogP contribution is -2.31. The van der Waals surface area contributed by atoms with Gasteiger partial charge in [0.25, 0.3) is 5.91 Å². The van der Waals surface area contributed by atoms with Crippen molar-refractivity contribution in [2.24, 2.45) is 11.8 Å². The van der Waals surface area contributed by atoms with Gasteiger partial charge < -0.3 is 15.1 Å². The van der Waals surface area contributed by atoms with Crippen molar-refractivity contribution in [3.63, 3.8) is 0 Å². The van der Waals surface area contributed by atoms with E-state index in [1.54, 1.807) is 17.0 Å². The van der Waals surface area contributed by atoms with Gasteiger partial charge in [-0.2, -0.15) is 0 Å². The van der Waals surface area contributed by atoms with Crippen molar-refractivity contribution < 1.29 is 15.0 Å². The molecule has 0 bridgehead atoms. The summed E-state index contributed by atoms with van der Waals surface area (Å²) in [5, 5.41) is 19.7. The van der Waals surface area contributed by atoms with Crippen LogP contribution in [0.4, 0.5) is 0 Å². The van der Waals surface area contributed by atoms with Gasteiger partial charge >= 0.3 is 0 Å². The molecule has 1 aromatic rings. The predicted octanol–water partition coefficient (Wildman–Crippen LogP) is 2.00. The Morgan fingerprint density at radius 2 is 2.11 bits per heavy atom. The predicted molar refractivity (Wildman–Crippen MR) is 73.9 cm³/mol. The second-order valence-corrected chi connectivity index (χ2v) is 6.36. The fraction of sp³-hybridized carbons (Fsp3) is 0.500. The summed E-state index contributed by atoms with van der Waals surface area (Å²) in [4.78, 5) is 14.2. The number of phenolic OH excluding ortho intramolecular Hbond substituents is 1. The normalized spacial score (nSPS) is 29.6. The number of halogens is 1. The smallest absolute Gasteiger partial charge is 0.257 e. The number of hydrogen-bond acceptors (Lipinski definition) is 3. The Hall–Kier alpha value is -1.07. The van der Waals surface area contributed by atoms with Gasteiger partial charge in [0.15, 0.2) is 0 Å². The van der Waals surface area contributed by atoms with Crippen LogP contribution >= 0.6 is 15.9 Å². The Bertz CT molecular complexity index is 519. The van der Waals surface area contributed by atoms with Crippen LogP contribution in [0.25, 0.3) is 0 Å². The molecule has 2 aliphatic rings. The van der Waals surface area contributed by atoms with Crippen molar-refractivity contribution in [3.05, 3.63) is 28.2 Å². The second-order valence-electron chi connectivity index (χ2n) is 5.44. The fourth-order valence-corrected chi connectivity index (χ4v) is 3.61. The molecule has 1 amide bonds. The summed E-state index contributed by atoms with van der Waals surface area (Å²) in [5.41, 5.74) is 0.323. The molecule has 1 aliphatic heterocycles. The highest BCUT2D eigenvalue weighted by Gasteiger charge is 2.43. The van der Waals surface area contributed by atoms with E-state index in [-0.39, 0.29) is 23.7 Å². The van der Waals surface area contributed by atoms with Crippen LogP contribution in [0.2, 0.25) is 0 Å². The van der Waals surface area contributed by atoms with Gasteiger partial charge in [-0.05, 0) is 37.0 Å². The molecule has 3 rings (SSSR count). The number of aromatic hydroxyl groups is 1. The first-order valence-corrected chi connectivity index (χ1v) is 7.31. The lowest BCUT2D eigenvalue weighted by molar-refractivity contribution is 0.0749. The molecule has 1 heterocycles. The summed E-state index contributed by atoms with van der Waals surface area (Å²) in [7, 11) is 0. The summed E-state index contributed by atoms with van der Waals surface area (Å²) in [6, 6.07) is 4.86. The van der Waals surface area contributed by atoms with Crippen molar-refractivity contribution in [1.82, 2.24) is 4.90 Å². The Labute approximate surface area is 120 Å². The number of benzene rings is 1. The molecule has 0 spiro atoms. The molecule has 3 atom stereocenters. The third kappa shape index (κ3) is 2.25. The molecule has 3 unspecified atom stereocenters. The molecule has 1 saturated carbocycles. The van der Waals surface area contributed by atoms with Crippen molar-refractivity contribution >= 4 is 21.8 Å². The van der Waals surface area contributed by atoms with E-state index < -0.39 is 0 Å². The average molecular weight is 326 g/mol. The molecule has 0 radical (unpaired) electrons. The van der Waals surface area contributed by atoms with Crippen molar-refractivity contribution in [2.45, 2.75) is 18.9 Å². The summed E-state index contributed by atoms with van der Waals surface area (Å²) in [6.07, 6.45) is 1.55. The third-order valence-corrected chi connectivity index (χ3v) is 4.79. The molecule has 4 nitrogen and oxygen atoms in total. The van der Waals surface area contributed by atoms with Crippen LogP contribution in [-0.4, -0.2) is 40.2 Å². The van der Waals surface area contributed by atoms with E-state index in [1.165, 1.54) is 6.07 Å². The number of amides is 1. The largest absolute Gasteiger partial charge is 0.507 e. The average Bonchev–Trinajstić information content (AvgIpc) is 2.94. The Morgan fingerprint density at radius 3 is 2.84 bits per heavy atom. The van der Waals surface area contributed by atoms with Crippen LogP contribution in [0.3, 0.4) is 0 Å². The minimum Gasteiger partial charge on any atom is -0.507 e. The number of rotatable bonds is 1. The van der Waals surface area contributed by atoms with Gasteiger partial charge in [-0.1, -0.05) is 15.9 Å². The number of phenols is 1. The van der Waals surface area contributed by atoms with E-state index in [1.807, 2.05) is 0 Å². The minimum absolute atomic E-state index is 0.00538. The molecule has 1 aromatic carbocycles. The lowest BCUT2D eigenvalue weighted by Gasteiger charge is -2.19. The van der Waals surface area contributed by atoms with Crippen LogP contribution < -0.4 is 0 Å². The summed E-state index contributed by atoms with van der Waals surface area (Å²) < 4.78 is 0.771. The van der Waals surface area contributed by atoms with E-state index in [0.29, 0.717) is 24.6 Å². The topological polar surface area (TPSA) is 60.8 Å². The first-order valence-electron chi connectivity index (χ1n) is 6.52. The zero-order valence-corrected chi connectivity index (χ0v) is 12.0. The Kier molecular flexibility index (Phi) is 3.27. The zero-order chi connectivity index (χ0) is 13.6. The number of carbonyl (C=O) groups is 1. The first kappa shape index (κ1) is 12.9. The van der Waals surface area contributed by atoms with Crippen molar-refractivity contribution in [2.75, 3.05) is 13.1 Å². The molecule has 1 aliphatic carbocycles. The Morgan fingerprint density at radius 1 is 1.32 bits per heavy atom. The van der Waals surface area contributed by atoms with E-state index in [4.69, 9.17) is 0 Å². The van der Waals surface area contributed by atoms with Gasteiger partial charge in [-0.3, -0.25) is 4.79 Å². The molecule has 19 heavy (non-hydrogen) atoms.